The van der Waals surface area contributed by atoms with E-state index in [1.165, 1.54) is 24.3 Å². The van der Waals surface area contributed by atoms with Crippen molar-refractivity contribution in [2.75, 3.05) is 17.7 Å². The molecule has 3 aromatic carbocycles. The zero-order valence-electron chi connectivity index (χ0n) is 19.7. The van der Waals surface area contributed by atoms with E-state index in [4.69, 9.17) is 0 Å². The Balaban J connectivity index is 0.00000342. The number of carbonyl (C=O) groups is 1. The summed E-state index contributed by atoms with van der Waals surface area (Å²) in [7, 11) is -7.86. The topological polar surface area (TPSA) is 195 Å². The number of nitrogens with zero attached hydrogens (tertiary/aromatic N) is 2. The van der Waals surface area contributed by atoms with Gasteiger partial charge in [0, 0.05) is 77.9 Å². The van der Waals surface area contributed by atoms with Crippen molar-refractivity contribution in [1.82, 2.24) is 0 Å². The summed E-state index contributed by atoms with van der Waals surface area (Å²) in [6.45, 7) is 3.40. The van der Waals surface area contributed by atoms with E-state index in [2.05, 4.69) is 43.4 Å². The molecule has 0 heterocycles. The Morgan fingerprint density at radius 3 is 2.16 bits per heavy atom. The van der Waals surface area contributed by atoms with Gasteiger partial charge in [-0.25, -0.2) is 0 Å². The molecule has 2 radical (unpaired) electrons. The largest absolute Gasteiger partial charge is 0.507 e. The van der Waals surface area contributed by atoms with Gasteiger partial charge in [0.2, 0.25) is 0 Å². The predicted molar refractivity (Wildman–Crippen MR) is 144 cm³/mol. The number of carbonyl (C=O) groups excluding carboxylic acids is 1. The number of hydrogen-bond acceptors (Lipinski definition) is 9. The van der Waals surface area contributed by atoms with Gasteiger partial charge in [-0.05, 0) is 51.6 Å². The zero-order valence-corrected chi connectivity index (χ0v) is 26.9. The first-order valence-electron chi connectivity index (χ1n) is 9.36. The molecule has 0 saturated carbocycles. The SMILES string of the molecule is C=C(Br)C(=O)Nc1ccc(N=Nc2c(NC)ccc3cc(S(=O)(=O)O)cc(O)c23)c(S(=O)(=O)O)c1.[Na].[Na]. The van der Waals surface area contributed by atoms with Gasteiger partial charge >= 0.3 is 0 Å². The number of nitrogens with one attached hydrogen (secondary N) is 2. The predicted octanol–water partition coefficient (Wildman–Crippen LogP) is 3.58. The second kappa shape index (κ2) is 13.1. The molecule has 3 aromatic rings. The first-order chi connectivity index (χ1) is 16.2. The van der Waals surface area contributed by atoms with Crippen LogP contribution in [0.2, 0.25) is 0 Å². The number of azo groups is 1. The third-order valence-electron chi connectivity index (χ3n) is 4.61. The fourth-order valence-electron chi connectivity index (χ4n) is 3.04. The van der Waals surface area contributed by atoms with Crippen molar-refractivity contribution in [2.45, 2.75) is 9.79 Å². The summed E-state index contributed by atoms with van der Waals surface area (Å²) < 4.78 is 65.8. The summed E-state index contributed by atoms with van der Waals surface area (Å²) >= 11 is 2.89. The Labute approximate surface area is 264 Å². The fourth-order valence-corrected chi connectivity index (χ4v) is 4.32. The van der Waals surface area contributed by atoms with E-state index in [0.717, 1.165) is 18.2 Å². The zero-order chi connectivity index (χ0) is 26.1. The van der Waals surface area contributed by atoms with Crippen LogP contribution in [-0.2, 0) is 25.0 Å². The van der Waals surface area contributed by atoms with Gasteiger partial charge in [0.1, 0.15) is 22.0 Å². The minimum absolute atomic E-state index is 0. The minimum Gasteiger partial charge on any atom is -0.507 e. The molecule has 5 N–H and O–H groups in total. The van der Waals surface area contributed by atoms with E-state index >= 15 is 0 Å². The van der Waals surface area contributed by atoms with Crippen molar-refractivity contribution in [2.24, 2.45) is 10.2 Å². The van der Waals surface area contributed by atoms with Crippen LogP contribution in [0, 0.1) is 0 Å². The van der Waals surface area contributed by atoms with Crippen LogP contribution >= 0.6 is 15.9 Å². The van der Waals surface area contributed by atoms with Crippen LogP contribution in [0.1, 0.15) is 0 Å². The summed E-state index contributed by atoms with van der Waals surface area (Å²) in [4.78, 5) is 10.6. The third-order valence-corrected chi connectivity index (χ3v) is 6.68. The first kappa shape index (κ1) is 33.7. The molecule has 37 heavy (non-hydrogen) atoms. The van der Waals surface area contributed by atoms with Crippen molar-refractivity contribution in [1.29, 1.82) is 0 Å². The van der Waals surface area contributed by atoms with E-state index in [-0.39, 0.29) is 91.4 Å². The molecule has 0 atom stereocenters. The molecule has 0 aliphatic rings. The van der Waals surface area contributed by atoms with Crippen LogP contribution in [0.4, 0.5) is 22.7 Å². The molecule has 12 nitrogen and oxygen atoms in total. The van der Waals surface area contributed by atoms with Gasteiger partial charge in [-0.1, -0.05) is 12.6 Å². The Bertz CT molecular complexity index is 1630. The van der Waals surface area contributed by atoms with Crippen LogP contribution in [0.5, 0.6) is 5.75 Å². The summed E-state index contributed by atoms with van der Waals surface area (Å²) in [5.41, 5.74) is 0.0813. The number of halogens is 1. The van der Waals surface area contributed by atoms with E-state index in [0.29, 0.717) is 5.69 Å². The number of phenols is 1. The van der Waals surface area contributed by atoms with Crippen molar-refractivity contribution in [3.63, 3.8) is 0 Å². The molecule has 0 unspecified atom stereocenters. The minimum atomic E-state index is -4.80. The Hall–Kier alpha value is -1.37. The fraction of sp³-hybridized carbons (Fsp3) is 0.0500. The van der Waals surface area contributed by atoms with Gasteiger partial charge in [0.05, 0.1) is 20.5 Å². The van der Waals surface area contributed by atoms with Crippen LogP contribution in [-0.4, -0.2) is 103 Å². The van der Waals surface area contributed by atoms with Crippen LogP contribution < -0.4 is 10.6 Å². The third kappa shape index (κ3) is 8.06. The van der Waals surface area contributed by atoms with Crippen LogP contribution in [0.25, 0.3) is 10.8 Å². The number of phenolic OH excluding ortho intramolecular Hbond substituents is 1. The normalized spacial score (nSPS) is 11.5. The van der Waals surface area contributed by atoms with E-state index < -0.39 is 41.7 Å². The molecule has 1 amide bonds. The van der Waals surface area contributed by atoms with E-state index in [1.807, 2.05) is 0 Å². The molecule has 0 bridgehead atoms. The maximum Gasteiger partial charge on any atom is 0.296 e. The number of hydrogen-bond donors (Lipinski definition) is 5. The quantitative estimate of drug-likeness (QED) is 0.112. The number of aromatic hydroxyl groups is 1. The van der Waals surface area contributed by atoms with Crippen LogP contribution in [0.3, 0.4) is 0 Å². The van der Waals surface area contributed by atoms with Crippen molar-refractivity contribution < 1.29 is 35.8 Å². The van der Waals surface area contributed by atoms with Crippen molar-refractivity contribution in [3.8, 4) is 5.75 Å². The molecular weight excluding hydrogens is 614 g/mol. The average Bonchev–Trinajstić information content (AvgIpc) is 2.76. The molecule has 0 aromatic heterocycles. The smallest absolute Gasteiger partial charge is 0.296 e. The second-order valence-electron chi connectivity index (χ2n) is 6.94. The van der Waals surface area contributed by atoms with Gasteiger partial charge < -0.3 is 15.7 Å². The maximum atomic E-state index is 11.9. The van der Waals surface area contributed by atoms with E-state index in [1.54, 1.807) is 7.05 Å². The monoisotopic (exact) mass is 630 g/mol. The van der Waals surface area contributed by atoms with Gasteiger partial charge in [-0.15, -0.1) is 10.2 Å². The maximum absolute atomic E-state index is 11.9. The van der Waals surface area contributed by atoms with Crippen molar-refractivity contribution in [3.05, 3.63) is 53.5 Å². The summed E-state index contributed by atoms with van der Waals surface area (Å²) in [6.07, 6.45) is 0. The number of fused-ring (bicyclic) bond motifs is 1. The molecular formula is C20H17BrN4Na2O8S2. The average molecular weight is 631 g/mol. The standard InChI is InChI=1S/C20H17BrN4O8S2.2Na/c1-10(21)20(27)23-12-4-6-14(17(8-12)35(31,32)33)24-25-19-15(22-2)5-3-11-7-13(34(28,29)30)9-16(26)18(11)19;;/h3-9,22,26H,1H2,2H3,(H,23,27)(H,28,29,30)(H,31,32,33);;. The molecule has 3 rings (SSSR count). The molecule has 0 spiro atoms. The Morgan fingerprint density at radius 2 is 1.62 bits per heavy atom. The molecule has 17 heteroatoms. The molecule has 0 fully saturated rings. The van der Waals surface area contributed by atoms with Gasteiger partial charge in [-0.2, -0.15) is 16.8 Å². The number of rotatable bonds is 7. The number of anilines is 2. The summed E-state index contributed by atoms with van der Waals surface area (Å²) in [5, 5.41) is 23.8. The molecule has 0 saturated heterocycles. The molecule has 186 valence electrons. The van der Waals surface area contributed by atoms with Gasteiger partial charge in [0.25, 0.3) is 26.1 Å². The first-order valence-corrected chi connectivity index (χ1v) is 13.0. The molecule has 0 aliphatic heterocycles. The number of amides is 1. The van der Waals surface area contributed by atoms with Crippen molar-refractivity contribution >= 4 is 135 Å². The Morgan fingerprint density at radius 1 is 0.973 bits per heavy atom. The van der Waals surface area contributed by atoms with Gasteiger partial charge in [-0.3, -0.25) is 13.9 Å². The van der Waals surface area contributed by atoms with Gasteiger partial charge in [0.15, 0.2) is 0 Å². The number of benzene rings is 3. The second-order valence-corrected chi connectivity index (χ2v) is 10.7. The molecule has 0 aliphatic carbocycles. The summed E-state index contributed by atoms with van der Waals surface area (Å²) in [5.74, 6) is -1.18. The summed E-state index contributed by atoms with van der Waals surface area (Å²) in [6, 6.07) is 8.37. The van der Waals surface area contributed by atoms with Crippen LogP contribution in [0.15, 0.2) is 73.5 Å². The Kier molecular flexibility index (Phi) is 11.9. The van der Waals surface area contributed by atoms with E-state index in [9.17, 15) is 35.8 Å².